The van der Waals surface area contributed by atoms with Gasteiger partial charge < -0.3 is 10.6 Å². The maximum absolute atomic E-state index is 12.4. The van der Waals surface area contributed by atoms with E-state index in [1.807, 2.05) is 28.4 Å². The molecule has 2 atom stereocenters. The van der Waals surface area contributed by atoms with Crippen molar-refractivity contribution >= 4 is 29.7 Å². The quantitative estimate of drug-likeness (QED) is 0.867. The molecule has 0 saturated carbocycles. The topological polar surface area (TPSA) is 59.0 Å². The maximum atomic E-state index is 12.4. The number of nitrogens with one attached hydrogen (secondary N) is 2. The zero-order valence-electron chi connectivity index (χ0n) is 13.2. The summed E-state index contributed by atoms with van der Waals surface area (Å²) >= 11 is 1.67. The molecular formula is C16H23ClN4OS. The first-order valence-corrected chi connectivity index (χ1v) is 8.76. The molecule has 1 fully saturated rings. The van der Waals surface area contributed by atoms with Crippen molar-refractivity contribution < 1.29 is 4.79 Å². The summed E-state index contributed by atoms with van der Waals surface area (Å²) in [5, 5.41) is 13.0. The molecule has 0 aliphatic carbocycles. The summed E-state index contributed by atoms with van der Waals surface area (Å²) in [6.07, 6.45) is 5.06. The van der Waals surface area contributed by atoms with Gasteiger partial charge in [0, 0.05) is 17.6 Å². The largest absolute Gasteiger partial charge is 0.343 e. The van der Waals surface area contributed by atoms with Gasteiger partial charge in [0.2, 0.25) is 0 Å². The second-order valence-electron chi connectivity index (χ2n) is 5.63. The first-order chi connectivity index (χ1) is 10.8. The van der Waals surface area contributed by atoms with E-state index in [0.717, 1.165) is 32.4 Å². The van der Waals surface area contributed by atoms with Crippen molar-refractivity contribution in [3.63, 3.8) is 0 Å². The van der Waals surface area contributed by atoms with Gasteiger partial charge in [-0.25, -0.2) is 0 Å². The average Bonchev–Trinajstić information content (AvgIpc) is 3.24. The van der Waals surface area contributed by atoms with Crippen molar-refractivity contribution in [2.75, 3.05) is 13.1 Å². The third-order valence-electron chi connectivity index (χ3n) is 4.09. The first kappa shape index (κ1) is 18.0. The number of thiophene rings is 1. The summed E-state index contributed by atoms with van der Waals surface area (Å²) < 4.78 is 1.92. The number of nitrogens with zero attached hydrogens (tertiary/aromatic N) is 2. The normalized spacial score (nSPS) is 18.9. The average molecular weight is 355 g/mol. The van der Waals surface area contributed by atoms with Crippen molar-refractivity contribution in [3.8, 4) is 0 Å². The van der Waals surface area contributed by atoms with Crippen LogP contribution in [0.15, 0.2) is 29.8 Å². The summed E-state index contributed by atoms with van der Waals surface area (Å²) in [6, 6.07) is 6.30. The minimum absolute atomic E-state index is 0. The highest BCUT2D eigenvalue weighted by Crippen LogP contribution is 2.22. The van der Waals surface area contributed by atoms with Gasteiger partial charge in [-0.2, -0.15) is 5.10 Å². The van der Waals surface area contributed by atoms with E-state index in [2.05, 4.69) is 28.7 Å². The molecule has 1 amide bonds. The van der Waals surface area contributed by atoms with Gasteiger partial charge in [-0.1, -0.05) is 13.0 Å². The predicted molar refractivity (Wildman–Crippen MR) is 95.4 cm³/mol. The van der Waals surface area contributed by atoms with Crippen LogP contribution in [0.2, 0.25) is 0 Å². The molecule has 2 aromatic rings. The molecule has 0 radical (unpaired) electrons. The van der Waals surface area contributed by atoms with E-state index < -0.39 is 0 Å². The molecule has 23 heavy (non-hydrogen) atoms. The zero-order chi connectivity index (χ0) is 15.4. The highest BCUT2D eigenvalue weighted by molar-refractivity contribution is 7.10. The molecule has 2 unspecified atom stereocenters. The van der Waals surface area contributed by atoms with Crippen molar-refractivity contribution in [1.29, 1.82) is 0 Å². The number of rotatable bonds is 5. The number of amides is 1. The molecule has 2 N–H and O–H groups in total. The molecule has 5 nitrogen and oxygen atoms in total. The number of carbonyl (C=O) groups excluding carboxylic acids is 1. The van der Waals surface area contributed by atoms with Crippen LogP contribution < -0.4 is 10.6 Å². The summed E-state index contributed by atoms with van der Waals surface area (Å²) in [7, 11) is 0. The Morgan fingerprint density at radius 2 is 2.43 bits per heavy atom. The van der Waals surface area contributed by atoms with Crippen LogP contribution in [-0.4, -0.2) is 28.8 Å². The van der Waals surface area contributed by atoms with Gasteiger partial charge in [0.25, 0.3) is 5.91 Å². The van der Waals surface area contributed by atoms with E-state index in [9.17, 15) is 4.79 Å². The summed E-state index contributed by atoms with van der Waals surface area (Å²) in [4.78, 5) is 13.6. The number of piperidine rings is 1. The molecule has 3 heterocycles. The van der Waals surface area contributed by atoms with E-state index in [0.29, 0.717) is 11.7 Å². The monoisotopic (exact) mass is 354 g/mol. The third kappa shape index (κ3) is 4.34. The molecule has 2 aromatic heterocycles. The number of carbonyl (C=O) groups is 1. The Balaban J connectivity index is 0.00000192. The minimum Gasteiger partial charge on any atom is -0.343 e. The highest BCUT2D eigenvalue weighted by Gasteiger charge is 2.20. The fourth-order valence-corrected chi connectivity index (χ4v) is 3.68. The van der Waals surface area contributed by atoms with Crippen molar-refractivity contribution in [2.24, 2.45) is 0 Å². The molecule has 0 aromatic carbocycles. The number of halogens is 1. The molecule has 0 spiro atoms. The van der Waals surface area contributed by atoms with Gasteiger partial charge in [0.05, 0.1) is 12.1 Å². The molecule has 7 heteroatoms. The van der Waals surface area contributed by atoms with E-state index in [4.69, 9.17) is 0 Å². The summed E-state index contributed by atoms with van der Waals surface area (Å²) in [5.41, 5.74) is 0.501. The maximum Gasteiger partial charge on any atom is 0.272 e. The van der Waals surface area contributed by atoms with Gasteiger partial charge in [0.1, 0.15) is 5.69 Å². The molecular weight excluding hydrogens is 332 g/mol. The molecule has 0 bridgehead atoms. The van der Waals surface area contributed by atoms with Crippen LogP contribution in [-0.2, 0) is 0 Å². The van der Waals surface area contributed by atoms with E-state index in [-0.39, 0.29) is 24.4 Å². The Morgan fingerprint density at radius 1 is 1.57 bits per heavy atom. The fraction of sp³-hybridized carbons (Fsp3) is 0.500. The van der Waals surface area contributed by atoms with E-state index >= 15 is 0 Å². The molecule has 3 rings (SSSR count). The minimum atomic E-state index is -0.0947. The Labute approximate surface area is 146 Å². The first-order valence-electron chi connectivity index (χ1n) is 7.88. The van der Waals surface area contributed by atoms with Gasteiger partial charge in [0.15, 0.2) is 0 Å². The second kappa shape index (κ2) is 8.47. The van der Waals surface area contributed by atoms with Crippen LogP contribution in [0.3, 0.4) is 0 Å². The smallest absolute Gasteiger partial charge is 0.272 e. The van der Waals surface area contributed by atoms with E-state index in [1.54, 1.807) is 11.3 Å². The summed E-state index contributed by atoms with van der Waals surface area (Å²) in [6.45, 7) is 4.08. The SMILES string of the molecule is CCC(NC(=O)c1ccn(C2CCCNC2)n1)c1cccs1.Cl. The zero-order valence-corrected chi connectivity index (χ0v) is 14.8. The lowest BCUT2D eigenvalue weighted by Crippen LogP contribution is -2.32. The van der Waals surface area contributed by atoms with Crippen molar-refractivity contribution in [3.05, 3.63) is 40.3 Å². The van der Waals surface area contributed by atoms with Gasteiger partial charge in [-0.15, -0.1) is 23.7 Å². The van der Waals surface area contributed by atoms with Crippen LogP contribution in [0.5, 0.6) is 0 Å². The fourth-order valence-electron chi connectivity index (χ4n) is 2.82. The van der Waals surface area contributed by atoms with Gasteiger partial charge >= 0.3 is 0 Å². The predicted octanol–water partition coefficient (Wildman–Crippen LogP) is 3.17. The lowest BCUT2D eigenvalue weighted by Gasteiger charge is -2.22. The van der Waals surface area contributed by atoms with Crippen LogP contribution >= 0.6 is 23.7 Å². The standard InChI is InChI=1S/C16H22N4OS.ClH/c1-2-13(15-6-4-10-22-15)18-16(21)14-7-9-20(19-14)12-5-3-8-17-11-12;/h4,6-7,9-10,12-13,17H,2-3,5,8,11H2,1H3,(H,18,21);1H. The Morgan fingerprint density at radius 3 is 3.09 bits per heavy atom. The van der Waals surface area contributed by atoms with Crippen molar-refractivity contribution in [2.45, 2.75) is 38.3 Å². The van der Waals surface area contributed by atoms with Crippen LogP contribution in [0.4, 0.5) is 0 Å². The number of hydrogen-bond acceptors (Lipinski definition) is 4. The van der Waals surface area contributed by atoms with E-state index in [1.165, 1.54) is 4.88 Å². The third-order valence-corrected chi connectivity index (χ3v) is 5.07. The molecule has 126 valence electrons. The Bertz CT molecular complexity index is 607. The summed E-state index contributed by atoms with van der Waals surface area (Å²) in [5.74, 6) is -0.0947. The van der Waals surface area contributed by atoms with Gasteiger partial charge in [-0.3, -0.25) is 9.48 Å². The molecule has 1 saturated heterocycles. The lowest BCUT2D eigenvalue weighted by molar-refractivity contribution is 0.0930. The number of aromatic nitrogens is 2. The molecule has 1 aliphatic rings. The van der Waals surface area contributed by atoms with Crippen LogP contribution in [0, 0.1) is 0 Å². The van der Waals surface area contributed by atoms with Crippen LogP contribution in [0.25, 0.3) is 0 Å². The lowest BCUT2D eigenvalue weighted by atomic mass is 10.1. The Hall–Kier alpha value is -1.37. The highest BCUT2D eigenvalue weighted by atomic mass is 35.5. The van der Waals surface area contributed by atoms with Crippen LogP contribution in [0.1, 0.15) is 53.6 Å². The Kier molecular flexibility index (Phi) is 6.62. The number of hydrogen-bond donors (Lipinski definition) is 2. The van der Waals surface area contributed by atoms with Crippen molar-refractivity contribution in [1.82, 2.24) is 20.4 Å². The van der Waals surface area contributed by atoms with Gasteiger partial charge in [-0.05, 0) is 43.3 Å². The molecule has 1 aliphatic heterocycles. The second-order valence-corrected chi connectivity index (χ2v) is 6.61.